The molecule has 0 saturated carbocycles. The molecule has 0 saturated heterocycles. The molecule has 0 spiro atoms. The Bertz CT molecular complexity index is 708. The zero-order valence-electron chi connectivity index (χ0n) is 18.1. The molecule has 0 aliphatic rings. The molecule has 0 aromatic heterocycles. The summed E-state index contributed by atoms with van der Waals surface area (Å²) in [5, 5.41) is 2.70. The summed E-state index contributed by atoms with van der Waals surface area (Å²) in [4.78, 5) is 47.7. The van der Waals surface area contributed by atoms with Crippen LogP contribution in [0, 0.1) is 5.92 Å². The van der Waals surface area contributed by atoms with Crippen molar-refractivity contribution in [3.63, 3.8) is 0 Å². The largest absolute Gasteiger partial charge is 0.368 e. The number of rotatable bonds is 14. The molecule has 1 aromatic carbocycles. The highest BCUT2D eigenvalue weighted by atomic mass is 16.2. The Labute approximate surface area is 178 Å². The van der Waals surface area contributed by atoms with Gasteiger partial charge in [-0.1, -0.05) is 50.6 Å². The Hall–Kier alpha value is -2.74. The lowest BCUT2D eigenvalue weighted by Crippen LogP contribution is -2.58. The first-order valence-corrected chi connectivity index (χ1v) is 10.4. The molecular formula is C22H34N4O4. The predicted octanol–water partition coefficient (Wildman–Crippen LogP) is 1.38. The third-order valence-electron chi connectivity index (χ3n) is 4.99. The van der Waals surface area contributed by atoms with Gasteiger partial charge in [-0.25, -0.2) is 5.43 Å². The third-order valence-corrected chi connectivity index (χ3v) is 4.99. The number of benzene rings is 1. The van der Waals surface area contributed by atoms with E-state index in [0.29, 0.717) is 25.7 Å². The Balaban J connectivity index is 2.65. The highest BCUT2D eigenvalue weighted by Crippen LogP contribution is 2.09. The number of nitrogens with two attached hydrogens (primary N) is 1. The lowest BCUT2D eigenvalue weighted by Gasteiger charge is -2.26. The van der Waals surface area contributed by atoms with Crippen molar-refractivity contribution in [1.29, 1.82) is 0 Å². The molecule has 0 aliphatic carbocycles. The van der Waals surface area contributed by atoms with Gasteiger partial charge in [-0.3, -0.25) is 19.8 Å². The monoisotopic (exact) mass is 418 g/mol. The predicted molar refractivity (Wildman–Crippen MR) is 115 cm³/mol. The molecule has 0 aliphatic heterocycles. The molecule has 3 amide bonds. The van der Waals surface area contributed by atoms with Crippen molar-refractivity contribution in [2.75, 3.05) is 0 Å². The zero-order chi connectivity index (χ0) is 22.5. The number of amides is 3. The van der Waals surface area contributed by atoms with Gasteiger partial charge in [0.05, 0.1) is 0 Å². The van der Waals surface area contributed by atoms with Crippen LogP contribution in [0.1, 0.15) is 58.4 Å². The molecule has 0 unspecified atom stereocenters. The molecule has 0 radical (unpaired) electrons. The molecule has 30 heavy (non-hydrogen) atoms. The minimum atomic E-state index is -0.851. The summed E-state index contributed by atoms with van der Waals surface area (Å²) < 4.78 is 0. The Morgan fingerprint density at radius 2 is 1.67 bits per heavy atom. The quantitative estimate of drug-likeness (QED) is 0.268. The molecule has 8 nitrogen and oxygen atoms in total. The fourth-order valence-corrected chi connectivity index (χ4v) is 2.92. The van der Waals surface area contributed by atoms with E-state index in [9.17, 15) is 19.2 Å². The van der Waals surface area contributed by atoms with Gasteiger partial charge in [0.1, 0.15) is 17.9 Å². The Kier molecular flexibility index (Phi) is 11.4. The number of carbonyl (C=O) groups excluding carboxylic acids is 4. The van der Waals surface area contributed by atoms with Crippen LogP contribution < -0.4 is 21.9 Å². The summed E-state index contributed by atoms with van der Waals surface area (Å²) >= 11 is 0. The standard InChI is InChI=1S/C22H34N4O4/c1-4-15(2)20(26-25-19(28)13-9-8-10-16(3)27)22(30)24-18(21(23)29)14-17-11-6-5-7-12-17/h5-7,11-12,15,18,20,26H,4,8-10,13-14H2,1-3H3,(H2,23,29)(H,24,30)(H,25,28)/t15-,18-,20-/m0/s1. The highest BCUT2D eigenvalue weighted by Gasteiger charge is 2.28. The van der Waals surface area contributed by atoms with E-state index in [-0.39, 0.29) is 30.4 Å². The van der Waals surface area contributed by atoms with E-state index in [1.165, 1.54) is 6.92 Å². The van der Waals surface area contributed by atoms with Crippen molar-refractivity contribution in [2.24, 2.45) is 11.7 Å². The fraction of sp³-hybridized carbons (Fsp3) is 0.545. The van der Waals surface area contributed by atoms with E-state index in [1.54, 1.807) is 0 Å². The van der Waals surface area contributed by atoms with Crippen molar-refractivity contribution < 1.29 is 19.2 Å². The number of Topliss-reactive ketones (excluding diaryl/α,β-unsaturated/α-hetero) is 1. The van der Waals surface area contributed by atoms with Gasteiger partial charge in [0.2, 0.25) is 17.7 Å². The van der Waals surface area contributed by atoms with Crippen molar-refractivity contribution in [3.8, 4) is 0 Å². The van der Waals surface area contributed by atoms with Crippen molar-refractivity contribution in [1.82, 2.24) is 16.2 Å². The van der Waals surface area contributed by atoms with Crippen LogP contribution in [-0.4, -0.2) is 35.6 Å². The van der Waals surface area contributed by atoms with Crippen LogP contribution in [0.5, 0.6) is 0 Å². The molecule has 5 N–H and O–H groups in total. The van der Waals surface area contributed by atoms with Gasteiger partial charge in [-0.15, -0.1) is 0 Å². The number of nitrogens with one attached hydrogen (secondary N) is 3. The second-order valence-electron chi connectivity index (χ2n) is 7.62. The van der Waals surface area contributed by atoms with Gasteiger partial charge in [0.15, 0.2) is 0 Å². The van der Waals surface area contributed by atoms with Crippen LogP contribution in [-0.2, 0) is 25.6 Å². The zero-order valence-corrected chi connectivity index (χ0v) is 18.1. The number of unbranched alkanes of at least 4 members (excludes halogenated alkanes) is 1. The summed E-state index contributed by atoms with van der Waals surface area (Å²) in [5.74, 6) is -1.27. The first kappa shape index (κ1) is 25.3. The number of hydrazine groups is 1. The summed E-state index contributed by atoms with van der Waals surface area (Å²) in [7, 11) is 0. The van der Waals surface area contributed by atoms with Crippen LogP contribution in [0.15, 0.2) is 30.3 Å². The maximum atomic E-state index is 12.8. The SMILES string of the molecule is CC[C@H](C)[C@H](NNC(=O)CCCCC(C)=O)C(=O)N[C@@H](Cc1ccccc1)C(N)=O. The van der Waals surface area contributed by atoms with Gasteiger partial charge in [-0.05, 0) is 31.2 Å². The maximum absolute atomic E-state index is 12.8. The second kappa shape index (κ2) is 13.5. The second-order valence-corrected chi connectivity index (χ2v) is 7.62. The number of primary amides is 1. The summed E-state index contributed by atoms with van der Waals surface area (Å²) in [5.41, 5.74) is 11.7. The highest BCUT2D eigenvalue weighted by molar-refractivity contribution is 5.89. The maximum Gasteiger partial charge on any atom is 0.240 e. The molecule has 1 rings (SSSR count). The molecule has 3 atom stereocenters. The molecule has 1 aromatic rings. The molecule has 8 heteroatoms. The van der Waals surface area contributed by atoms with Crippen LogP contribution in [0.2, 0.25) is 0 Å². The fourth-order valence-electron chi connectivity index (χ4n) is 2.92. The summed E-state index contributed by atoms with van der Waals surface area (Å²) in [6, 6.07) is 7.73. The van der Waals surface area contributed by atoms with Crippen LogP contribution in [0.3, 0.4) is 0 Å². The van der Waals surface area contributed by atoms with Crippen molar-refractivity contribution >= 4 is 23.5 Å². The van der Waals surface area contributed by atoms with Crippen LogP contribution in [0.4, 0.5) is 0 Å². The van der Waals surface area contributed by atoms with E-state index in [1.807, 2.05) is 44.2 Å². The van der Waals surface area contributed by atoms with Gasteiger partial charge >= 0.3 is 0 Å². The van der Waals surface area contributed by atoms with E-state index in [4.69, 9.17) is 5.73 Å². The third kappa shape index (κ3) is 9.65. The normalized spacial score (nSPS) is 13.7. The van der Waals surface area contributed by atoms with Crippen molar-refractivity contribution in [3.05, 3.63) is 35.9 Å². The molecular weight excluding hydrogens is 384 g/mol. The number of ketones is 1. The van der Waals surface area contributed by atoms with Gasteiger partial charge < -0.3 is 15.8 Å². The van der Waals surface area contributed by atoms with Crippen LogP contribution >= 0.6 is 0 Å². The average Bonchev–Trinajstić information content (AvgIpc) is 2.71. The number of hydrogen-bond donors (Lipinski definition) is 4. The molecule has 0 bridgehead atoms. The lowest BCUT2D eigenvalue weighted by atomic mass is 9.98. The first-order valence-electron chi connectivity index (χ1n) is 10.4. The number of hydrogen-bond acceptors (Lipinski definition) is 5. The van der Waals surface area contributed by atoms with Crippen LogP contribution in [0.25, 0.3) is 0 Å². The molecule has 0 fully saturated rings. The molecule has 166 valence electrons. The van der Waals surface area contributed by atoms with Crippen molar-refractivity contribution in [2.45, 2.75) is 71.4 Å². The van der Waals surface area contributed by atoms with Gasteiger partial charge in [0.25, 0.3) is 0 Å². The first-order chi connectivity index (χ1) is 14.2. The Morgan fingerprint density at radius 1 is 1.03 bits per heavy atom. The van der Waals surface area contributed by atoms with E-state index >= 15 is 0 Å². The average molecular weight is 419 g/mol. The minimum absolute atomic E-state index is 0.0896. The summed E-state index contributed by atoms with van der Waals surface area (Å²) in [6.07, 6.45) is 2.94. The van der Waals surface area contributed by atoms with E-state index in [0.717, 1.165) is 5.56 Å². The van der Waals surface area contributed by atoms with E-state index < -0.39 is 23.9 Å². The van der Waals surface area contributed by atoms with Gasteiger partial charge in [0, 0.05) is 19.3 Å². The summed E-state index contributed by atoms with van der Waals surface area (Å²) in [6.45, 7) is 5.34. The lowest BCUT2D eigenvalue weighted by molar-refractivity contribution is -0.130. The van der Waals surface area contributed by atoms with E-state index in [2.05, 4.69) is 16.2 Å². The number of carbonyl (C=O) groups is 4. The minimum Gasteiger partial charge on any atom is -0.368 e. The van der Waals surface area contributed by atoms with Gasteiger partial charge in [-0.2, -0.15) is 0 Å². The molecule has 0 heterocycles. The topological polar surface area (TPSA) is 130 Å². The Morgan fingerprint density at radius 3 is 2.23 bits per heavy atom. The smallest absolute Gasteiger partial charge is 0.240 e.